The minimum Gasteiger partial charge on any atom is -0.491 e. The Morgan fingerprint density at radius 2 is 1.93 bits per heavy atom. The number of halogens is 1. The van der Waals surface area contributed by atoms with Gasteiger partial charge in [-0.25, -0.2) is 0 Å². The Labute approximate surface area is 171 Å². The van der Waals surface area contributed by atoms with Crippen LogP contribution in [-0.2, 0) is 11.2 Å². The molecule has 0 spiro atoms. The van der Waals surface area contributed by atoms with E-state index >= 15 is 0 Å². The molecule has 0 saturated carbocycles. The molecular formula is C22H28ClNO2S. The van der Waals surface area contributed by atoms with Gasteiger partial charge in [-0.15, -0.1) is 11.8 Å². The van der Waals surface area contributed by atoms with Crippen LogP contribution in [0.15, 0.2) is 53.4 Å². The van der Waals surface area contributed by atoms with Gasteiger partial charge in [-0.05, 0) is 75.1 Å². The van der Waals surface area contributed by atoms with Gasteiger partial charge in [-0.2, -0.15) is 0 Å². The Bertz CT molecular complexity index is 719. The number of rotatable bonds is 10. The van der Waals surface area contributed by atoms with Crippen LogP contribution in [0.25, 0.3) is 0 Å². The summed E-state index contributed by atoms with van der Waals surface area (Å²) in [6, 6.07) is 15.8. The third-order valence-electron chi connectivity index (χ3n) is 3.97. The zero-order chi connectivity index (χ0) is 19.6. The molecule has 0 heterocycles. The lowest BCUT2D eigenvalue weighted by Crippen LogP contribution is -2.33. The van der Waals surface area contributed by atoms with E-state index in [1.165, 1.54) is 5.56 Å². The van der Waals surface area contributed by atoms with Crippen LogP contribution in [0.4, 0.5) is 0 Å². The molecule has 0 radical (unpaired) electrons. The summed E-state index contributed by atoms with van der Waals surface area (Å²) < 4.78 is 5.73. The second kappa shape index (κ2) is 11.3. The Kier molecular flexibility index (Phi) is 9.02. The maximum absolute atomic E-state index is 12.5. The van der Waals surface area contributed by atoms with Gasteiger partial charge in [0.15, 0.2) is 0 Å². The highest BCUT2D eigenvalue weighted by molar-refractivity contribution is 8.00. The van der Waals surface area contributed by atoms with Gasteiger partial charge in [-0.1, -0.05) is 30.7 Å². The van der Waals surface area contributed by atoms with Gasteiger partial charge in [0.05, 0.1) is 11.4 Å². The van der Waals surface area contributed by atoms with Crippen LogP contribution in [0.2, 0.25) is 5.02 Å². The summed E-state index contributed by atoms with van der Waals surface area (Å²) in [4.78, 5) is 13.5. The highest BCUT2D eigenvalue weighted by Crippen LogP contribution is 2.26. The largest absolute Gasteiger partial charge is 0.491 e. The first kappa shape index (κ1) is 21.6. The SMILES string of the molecule is CC[C@@H](Sc1ccc(Cl)cc1)C(=O)NCCCc1cccc(OC(C)C)c1. The van der Waals surface area contributed by atoms with Gasteiger partial charge in [0.25, 0.3) is 0 Å². The maximum atomic E-state index is 12.5. The second-order valence-corrected chi connectivity index (χ2v) is 8.39. The first-order valence-corrected chi connectivity index (χ1v) is 10.7. The molecule has 2 rings (SSSR count). The molecule has 3 nitrogen and oxygen atoms in total. The van der Waals surface area contributed by atoms with Crippen molar-refractivity contribution >= 4 is 29.3 Å². The van der Waals surface area contributed by atoms with E-state index in [2.05, 4.69) is 17.4 Å². The molecule has 2 aromatic rings. The summed E-state index contributed by atoms with van der Waals surface area (Å²) in [6.45, 7) is 6.75. The minimum atomic E-state index is -0.0889. The third kappa shape index (κ3) is 7.86. The van der Waals surface area contributed by atoms with Crippen LogP contribution in [0.5, 0.6) is 5.75 Å². The lowest BCUT2D eigenvalue weighted by Gasteiger charge is -2.15. The van der Waals surface area contributed by atoms with Gasteiger partial charge in [0, 0.05) is 16.5 Å². The van der Waals surface area contributed by atoms with E-state index in [0.29, 0.717) is 11.6 Å². The van der Waals surface area contributed by atoms with Crippen LogP contribution in [0.1, 0.15) is 39.2 Å². The zero-order valence-electron chi connectivity index (χ0n) is 16.2. The van der Waals surface area contributed by atoms with Crippen molar-refractivity contribution in [1.82, 2.24) is 5.32 Å². The molecule has 0 aromatic heterocycles. The van der Waals surface area contributed by atoms with Crippen LogP contribution >= 0.6 is 23.4 Å². The Morgan fingerprint density at radius 3 is 2.59 bits per heavy atom. The number of aryl methyl sites for hydroxylation is 1. The van der Waals surface area contributed by atoms with Gasteiger partial charge >= 0.3 is 0 Å². The normalized spacial score (nSPS) is 12.0. The number of carbonyl (C=O) groups is 1. The number of thioether (sulfide) groups is 1. The lowest BCUT2D eigenvalue weighted by atomic mass is 10.1. The molecule has 0 bridgehead atoms. The highest BCUT2D eigenvalue weighted by atomic mass is 35.5. The standard InChI is InChI=1S/C22H28ClNO2S/c1-4-21(27-20-12-10-18(23)11-13-20)22(25)24-14-6-8-17-7-5-9-19(15-17)26-16(2)3/h5,7,9-13,15-16,21H,4,6,8,14H2,1-3H3,(H,24,25)/t21-/m1/s1. The van der Waals surface area contributed by atoms with Crippen molar-refractivity contribution in [2.45, 2.75) is 56.3 Å². The molecule has 1 amide bonds. The number of amides is 1. The van der Waals surface area contributed by atoms with Crippen molar-refractivity contribution in [1.29, 1.82) is 0 Å². The van der Waals surface area contributed by atoms with E-state index in [4.69, 9.17) is 16.3 Å². The van der Waals surface area contributed by atoms with Crippen LogP contribution in [-0.4, -0.2) is 23.8 Å². The quantitative estimate of drug-likeness (QED) is 0.404. The van der Waals surface area contributed by atoms with E-state index < -0.39 is 0 Å². The van der Waals surface area contributed by atoms with Gasteiger partial charge in [-0.3, -0.25) is 4.79 Å². The fourth-order valence-electron chi connectivity index (χ4n) is 2.66. The smallest absolute Gasteiger partial charge is 0.233 e. The third-order valence-corrected chi connectivity index (χ3v) is 5.60. The van der Waals surface area contributed by atoms with Gasteiger partial charge in [0.1, 0.15) is 5.75 Å². The van der Waals surface area contributed by atoms with Crippen molar-refractivity contribution in [3.05, 3.63) is 59.1 Å². The Hall–Kier alpha value is -1.65. The van der Waals surface area contributed by atoms with Crippen molar-refractivity contribution in [2.75, 3.05) is 6.54 Å². The topological polar surface area (TPSA) is 38.3 Å². The second-order valence-electron chi connectivity index (χ2n) is 6.68. The lowest BCUT2D eigenvalue weighted by molar-refractivity contribution is -0.120. The van der Waals surface area contributed by atoms with E-state index in [1.807, 2.05) is 57.2 Å². The first-order chi connectivity index (χ1) is 13.0. The molecule has 146 valence electrons. The molecule has 0 saturated heterocycles. The first-order valence-electron chi connectivity index (χ1n) is 9.43. The van der Waals surface area contributed by atoms with Gasteiger partial charge in [0.2, 0.25) is 5.91 Å². The number of hydrogen-bond donors (Lipinski definition) is 1. The molecule has 0 aliphatic rings. The molecule has 1 N–H and O–H groups in total. The average molecular weight is 406 g/mol. The van der Waals surface area contributed by atoms with Crippen molar-refractivity contribution < 1.29 is 9.53 Å². The molecule has 0 aliphatic heterocycles. The summed E-state index contributed by atoms with van der Waals surface area (Å²) in [6.07, 6.45) is 2.77. The summed E-state index contributed by atoms with van der Waals surface area (Å²) in [5, 5.41) is 3.68. The molecule has 0 aliphatic carbocycles. The number of benzene rings is 2. The van der Waals surface area contributed by atoms with Crippen molar-refractivity contribution in [2.24, 2.45) is 0 Å². The van der Waals surface area contributed by atoms with Crippen molar-refractivity contribution in [3.8, 4) is 5.75 Å². The van der Waals surface area contributed by atoms with Crippen molar-refractivity contribution in [3.63, 3.8) is 0 Å². The van der Waals surface area contributed by atoms with Gasteiger partial charge < -0.3 is 10.1 Å². The Morgan fingerprint density at radius 1 is 1.19 bits per heavy atom. The molecule has 1 atom stereocenters. The minimum absolute atomic E-state index is 0.0889. The summed E-state index contributed by atoms with van der Waals surface area (Å²) >= 11 is 7.50. The number of hydrogen-bond acceptors (Lipinski definition) is 3. The molecule has 0 unspecified atom stereocenters. The fraction of sp³-hybridized carbons (Fsp3) is 0.409. The van der Waals surface area contributed by atoms with Crippen LogP contribution < -0.4 is 10.1 Å². The highest BCUT2D eigenvalue weighted by Gasteiger charge is 2.17. The Balaban J connectivity index is 1.76. The number of ether oxygens (including phenoxy) is 1. The number of carbonyl (C=O) groups excluding carboxylic acids is 1. The van der Waals surface area contributed by atoms with E-state index in [-0.39, 0.29) is 17.3 Å². The summed E-state index contributed by atoms with van der Waals surface area (Å²) in [5.74, 6) is 0.992. The predicted octanol–water partition coefficient (Wildman–Crippen LogP) is 5.75. The molecular weight excluding hydrogens is 378 g/mol. The summed E-state index contributed by atoms with van der Waals surface area (Å²) in [7, 11) is 0. The van der Waals surface area contributed by atoms with E-state index in [0.717, 1.165) is 29.9 Å². The predicted molar refractivity (Wildman–Crippen MR) is 115 cm³/mol. The molecule has 5 heteroatoms. The molecule has 0 fully saturated rings. The van der Waals surface area contributed by atoms with Crippen LogP contribution in [0, 0.1) is 0 Å². The van der Waals surface area contributed by atoms with E-state index in [9.17, 15) is 4.79 Å². The van der Waals surface area contributed by atoms with E-state index in [1.54, 1.807) is 11.8 Å². The molecule has 27 heavy (non-hydrogen) atoms. The monoisotopic (exact) mass is 405 g/mol. The summed E-state index contributed by atoms with van der Waals surface area (Å²) in [5.41, 5.74) is 1.23. The fourth-order valence-corrected chi connectivity index (χ4v) is 3.77. The zero-order valence-corrected chi connectivity index (χ0v) is 17.8. The van der Waals surface area contributed by atoms with Crippen LogP contribution in [0.3, 0.4) is 0 Å². The molecule has 2 aromatic carbocycles. The number of nitrogens with one attached hydrogen (secondary N) is 1. The maximum Gasteiger partial charge on any atom is 0.233 e. The average Bonchev–Trinajstić information content (AvgIpc) is 2.64.